The summed E-state index contributed by atoms with van der Waals surface area (Å²) in [7, 11) is -1.60. The third-order valence-electron chi connectivity index (χ3n) is 5.61. The zero-order valence-corrected chi connectivity index (χ0v) is 16.3. The van der Waals surface area contributed by atoms with Gasteiger partial charge in [-0.2, -0.15) is 0 Å². The second kappa shape index (κ2) is 6.95. The van der Waals surface area contributed by atoms with E-state index in [9.17, 15) is 4.79 Å². The number of carbonyl (C=O) groups is 1. The van der Waals surface area contributed by atoms with Gasteiger partial charge in [-0.1, -0.05) is 47.5 Å². The van der Waals surface area contributed by atoms with Crippen molar-refractivity contribution in [1.82, 2.24) is 0 Å². The highest BCUT2D eigenvalue weighted by Gasteiger charge is 2.38. The Bertz CT molecular complexity index is 353. The Morgan fingerprint density at radius 2 is 1.86 bits per heavy atom. The van der Waals surface area contributed by atoms with Crippen molar-refractivity contribution in [2.45, 2.75) is 91.3 Å². The van der Waals surface area contributed by atoms with Gasteiger partial charge in [0, 0.05) is 17.9 Å². The van der Waals surface area contributed by atoms with Gasteiger partial charge in [0.15, 0.2) is 8.32 Å². The first-order chi connectivity index (χ1) is 9.47. The van der Waals surface area contributed by atoms with Crippen molar-refractivity contribution in [2.24, 2.45) is 11.3 Å². The van der Waals surface area contributed by atoms with Gasteiger partial charge in [0.1, 0.15) is 5.78 Å². The summed E-state index contributed by atoms with van der Waals surface area (Å²) in [6.07, 6.45) is 6.66. The molecule has 0 spiro atoms. The molecule has 1 fully saturated rings. The van der Waals surface area contributed by atoms with Gasteiger partial charge in [-0.15, -0.1) is 0 Å². The summed E-state index contributed by atoms with van der Waals surface area (Å²) in [6, 6.07) is 0. The Morgan fingerprint density at radius 3 is 2.43 bits per heavy atom. The smallest absolute Gasteiger partial charge is 0.191 e. The molecule has 3 heteroatoms. The molecule has 0 aromatic carbocycles. The zero-order chi connectivity index (χ0) is 16.3. The second-order valence-electron chi connectivity index (χ2n) is 8.94. The van der Waals surface area contributed by atoms with Crippen LogP contribution in [0.2, 0.25) is 18.1 Å². The van der Waals surface area contributed by atoms with Crippen LogP contribution in [0.5, 0.6) is 0 Å². The highest BCUT2D eigenvalue weighted by atomic mass is 28.4. The number of Topliss-reactive ketones (excluding diaryl/α,β-unsaturated/α-hetero) is 1. The lowest BCUT2D eigenvalue weighted by Gasteiger charge is -2.36. The maximum atomic E-state index is 12.4. The molecule has 2 nitrogen and oxygen atoms in total. The molecule has 1 unspecified atom stereocenters. The van der Waals surface area contributed by atoms with Gasteiger partial charge >= 0.3 is 0 Å². The van der Waals surface area contributed by atoms with Crippen molar-refractivity contribution < 1.29 is 9.22 Å². The normalized spacial score (nSPS) is 23.4. The number of hydrogen-bond acceptors (Lipinski definition) is 2. The fraction of sp³-hybridized carbons (Fsp3) is 0.944. The Hall–Kier alpha value is -0.153. The fourth-order valence-electron chi connectivity index (χ4n) is 2.91. The predicted octanol–water partition coefficient (Wildman–Crippen LogP) is 5.57. The maximum absolute atomic E-state index is 12.4. The highest BCUT2D eigenvalue weighted by Crippen LogP contribution is 2.38. The fourth-order valence-corrected chi connectivity index (χ4v) is 4.00. The first kappa shape index (κ1) is 18.9. The molecule has 1 rings (SSSR count). The molecule has 1 aliphatic rings. The first-order valence-electron chi connectivity index (χ1n) is 8.66. The van der Waals surface area contributed by atoms with E-state index in [1.54, 1.807) is 0 Å². The van der Waals surface area contributed by atoms with Gasteiger partial charge in [0.05, 0.1) is 0 Å². The molecule has 0 bridgehead atoms. The van der Waals surface area contributed by atoms with Crippen molar-refractivity contribution in [3.05, 3.63) is 0 Å². The van der Waals surface area contributed by atoms with E-state index in [4.69, 9.17) is 4.43 Å². The molecule has 1 atom stereocenters. The molecule has 0 heterocycles. The Kier molecular flexibility index (Phi) is 6.25. The van der Waals surface area contributed by atoms with E-state index in [2.05, 4.69) is 47.7 Å². The molecule has 21 heavy (non-hydrogen) atoms. The molecule has 0 amide bonds. The molecule has 0 aromatic rings. The SMILES string of the molecule is CC1(C)CCCC(CCCCO[Si](C)(C)C(C)(C)C)C1=O. The van der Waals surface area contributed by atoms with E-state index in [0.29, 0.717) is 11.7 Å². The summed E-state index contributed by atoms with van der Waals surface area (Å²) >= 11 is 0. The van der Waals surface area contributed by atoms with Crippen molar-refractivity contribution in [3.63, 3.8) is 0 Å². The largest absolute Gasteiger partial charge is 0.417 e. The first-order valence-corrected chi connectivity index (χ1v) is 11.6. The molecule has 1 aliphatic carbocycles. The number of ketones is 1. The monoisotopic (exact) mass is 312 g/mol. The number of hydrogen-bond donors (Lipinski definition) is 0. The van der Waals surface area contributed by atoms with Crippen LogP contribution in [0.3, 0.4) is 0 Å². The minimum Gasteiger partial charge on any atom is -0.417 e. The third kappa shape index (κ3) is 5.21. The van der Waals surface area contributed by atoms with Crippen molar-refractivity contribution in [3.8, 4) is 0 Å². The number of rotatable bonds is 6. The lowest BCUT2D eigenvalue weighted by Crippen LogP contribution is -2.41. The maximum Gasteiger partial charge on any atom is 0.191 e. The van der Waals surface area contributed by atoms with Crippen LogP contribution in [0.4, 0.5) is 0 Å². The minimum atomic E-state index is -1.60. The Labute approximate surface area is 133 Å². The average molecular weight is 313 g/mol. The van der Waals surface area contributed by atoms with Crippen LogP contribution in [0, 0.1) is 11.3 Å². The molecule has 1 saturated carbocycles. The van der Waals surface area contributed by atoms with Crippen molar-refractivity contribution in [1.29, 1.82) is 0 Å². The summed E-state index contributed by atoms with van der Waals surface area (Å²) in [5.74, 6) is 0.806. The third-order valence-corrected chi connectivity index (χ3v) is 10.1. The molecule has 124 valence electrons. The molecular formula is C18H36O2Si. The van der Waals surface area contributed by atoms with Crippen molar-refractivity contribution >= 4 is 14.1 Å². The van der Waals surface area contributed by atoms with Crippen molar-refractivity contribution in [2.75, 3.05) is 6.61 Å². The predicted molar refractivity (Wildman–Crippen MR) is 93.1 cm³/mol. The summed E-state index contributed by atoms with van der Waals surface area (Å²) in [5, 5.41) is 0.288. The van der Waals surface area contributed by atoms with Gasteiger partial charge in [0.25, 0.3) is 0 Å². The topological polar surface area (TPSA) is 26.3 Å². The zero-order valence-electron chi connectivity index (χ0n) is 15.3. The second-order valence-corrected chi connectivity index (χ2v) is 13.8. The van der Waals surface area contributed by atoms with E-state index in [1.807, 2.05) is 0 Å². The standard InChI is InChI=1S/C18H36O2Si/c1-17(2,3)21(6,7)20-14-9-8-11-15-12-10-13-18(4,5)16(15)19/h15H,8-14H2,1-7H3. The summed E-state index contributed by atoms with van der Waals surface area (Å²) in [5.41, 5.74) is -0.0828. The average Bonchev–Trinajstić information content (AvgIpc) is 2.32. The van der Waals surface area contributed by atoms with Crippen LogP contribution in [-0.2, 0) is 9.22 Å². The molecule has 0 aliphatic heterocycles. The van der Waals surface area contributed by atoms with Gasteiger partial charge < -0.3 is 4.43 Å². The van der Waals surface area contributed by atoms with Crippen LogP contribution in [-0.4, -0.2) is 20.7 Å². The summed E-state index contributed by atoms with van der Waals surface area (Å²) in [4.78, 5) is 12.4. The van der Waals surface area contributed by atoms with E-state index < -0.39 is 8.32 Å². The van der Waals surface area contributed by atoms with Crippen LogP contribution in [0.1, 0.15) is 73.1 Å². The van der Waals surface area contributed by atoms with Gasteiger partial charge in [0.2, 0.25) is 0 Å². The molecular weight excluding hydrogens is 276 g/mol. The van der Waals surface area contributed by atoms with E-state index in [1.165, 1.54) is 6.42 Å². The molecule has 0 aromatic heterocycles. The van der Waals surface area contributed by atoms with Crippen LogP contribution in [0.25, 0.3) is 0 Å². The van der Waals surface area contributed by atoms with Gasteiger partial charge in [-0.05, 0) is 43.8 Å². The van der Waals surface area contributed by atoms with Crippen LogP contribution < -0.4 is 0 Å². The molecule has 0 radical (unpaired) electrons. The van der Waals surface area contributed by atoms with E-state index in [-0.39, 0.29) is 10.5 Å². The van der Waals surface area contributed by atoms with Crippen LogP contribution >= 0.6 is 0 Å². The summed E-state index contributed by atoms with van der Waals surface area (Å²) in [6.45, 7) is 16.5. The van der Waals surface area contributed by atoms with Gasteiger partial charge in [-0.25, -0.2) is 0 Å². The quantitative estimate of drug-likeness (QED) is 0.473. The van der Waals surface area contributed by atoms with Gasteiger partial charge in [-0.3, -0.25) is 4.79 Å². The highest BCUT2D eigenvalue weighted by molar-refractivity contribution is 6.74. The Balaban J connectivity index is 2.28. The van der Waals surface area contributed by atoms with Crippen LogP contribution in [0.15, 0.2) is 0 Å². The minimum absolute atomic E-state index is 0.0828. The number of unbranched alkanes of at least 4 members (excludes halogenated alkanes) is 1. The molecule has 0 saturated heterocycles. The van der Waals surface area contributed by atoms with E-state index >= 15 is 0 Å². The van der Waals surface area contributed by atoms with E-state index in [0.717, 1.165) is 38.7 Å². The molecule has 0 N–H and O–H groups in total. The lowest BCUT2D eigenvalue weighted by atomic mass is 9.70. The summed E-state index contributed by atoms with van der Waals surface area (Å²) < 4.78 is 6.21. The number of carbonyl (C=O) groups excluding carboxylic acids is 1. The Morgan fingerprint density at radius 1 is 1.24 bits per heavy atom. The lowest BCUT2D eigenvalue weighted by molar-refractivity contribution is -0.134.